The minimum atomic E-state index is -0.883. The van der Waals surface area contributed by atoms with Gasteiger partial charge in [0.2, 0.25) is 5.91 Å². The summed E-state index contributed by atoms with van der Waals surface area (Å²) in [5.74, 6) is -0.125. The van der Waals surface area contributed by atoms with Crippen LogP contribution in [0.1, 0.15) is 123 Å². The van der Waals surface area contributed by atoms with E-state index < -0.39 is 12.1 Å². The molecule has 2 atom stereocenters. The maximum Gasteiger partial charge on any atom is 0.220 e. The number of aliphatic hydroxyl groups is 2. The third kappa shape index (κ3) is 30.6. The van der Waals surface area contributed by atoms with Crippen molar-refractivity contribution in [3.63, 3.8) is 0 Å². The highest BCUT2D eigenvalue weighted by Crippen LogP contribution is 2.06. The lowest BCUT2D eigenvalue weighted by Gasteiger charge is -2.19. The molecule has 4 nitrogen and oxygen atoms in total. The van der Waals surface area contributed by atoms with E-state index in [-0.39, 0.29) is 12.5 Å². The van der Waals surface area contributed by atoms with Crippen molar-refractivity contribution in [3.8, 4) is 0 Å². The number of rotatable bonds is 28. The van der Waals surface area contributed by atoms with Gasteiger partial charge in [-0.25, -0.2) is 0 Å². The quantitative estimate of drug-likeness (QED) is 0.0624. The monoisotopic (exact) mass is 593 g/mol. The van der Waals surface area contributed by atoms with E-state index in [1.54, 1.807) is 6.08 Å². The first-order valence-corrected chi connectivity index (χ1v) is 17.0. The highest BCUT2D eigenvalue weighted by Gasteiger charge is 2.17. The van der Waals surface area contributed by atoms with Crippen molar-refractivity contribution in [2.45, 2.75) is 135 Å². The maximum atomic E-state index is 12.3. The van der Waals surface area contributed by atoms with Crippen molar-refractivity contribution in [2.24, 2.45) is 0 Å². The molecule has 0 aromatic heterocycles. The summed E-state index contributed by atoms with van der Waals surface area (Å²) >= 11 is 0. The number of hydrogen-bond acceptors (Lipinski definition) is 3. The lowest BCUT2D eigenvalue weighted by atomic mass is 10.1. The molecule has 0 aliphatic carbocycles. The Morgan fingerprint density at radius 3 is 1.58 bits per heavy atom. The summed E-state index contributed by atoms with van der Waals surface area (Å²) in [6, 6.07) is -0.666. The van der Waals surface area contributed by atoms with Gasteiger partial charge in [-0.15, -0.1) is 0 Å². The summed E-state index contributed by atoms with van der Waals surface area (Å²) in [7, 11) is 0. The number of amides is 1. The van der Waals surface area contributed by atoms with Crippen LogP contribution in [0.25, 0.3) is 0 Å². The van der Waals surface area contributed by atoms with E-state index in [9.17, 15) is 15.0 Å². The highest BCUT2D eigenvalue weighted by atomic mass is 16.3. The van der Waals surface area contributed by atoms with Crippen LogP contribution >= 0.6 is 0 Å². The van der Waals surface area contributed by atoms with E-state index in [0.717, 1.165) is 77.0 Å². The van der Waals surface area contributed by atoms with Crippen molar-refractivity contribution in [1.82, 2.24) is 5.32 Å². The molecule has 0 spiro atoms. The van der Waals surface area contributed by atoms with Crippen LogP contribution in [-0.2, 0) is 4.79 Å². The van der Waals surface area contributed by atoms with Gasteiger partial charge in [0.1, 0.15) is 0 Å². The van der Waals surface area contributed by atoms with Crippen molar-refractivity contribution in [2.75, 3.05) is 6.61 Å². The first-order chi connectivity index (χ1) is 21.2. The van der Waals surface area contributed by atoms with Crippen LogP contribution in [0.15, 0.2) is 97.2 Å². The predicted octanol–water partition coefficient (Wildman–Crippen LogP) is 9.95. The van der Waals surface area contributed by atoms with E-state index in [4.69, 9.17) is 0 Å². The maximum absolute atomic E-state index is 12.3. The molecule has 0 aliphatic rings. The fraction of sp³-hybridized carbons (Fsp3) is 0.564. The minimum absolute atomic E-state index is 0.125. The number of allylic oxidation sites excluding steroid dienone is 15. The SMILES string of the molecule is CC/C=C\C/C=C\C/C=C\C/C=C\C/C=C\C/C=C\CCCCC(=O)NC(CO)C(O)/C=C/CC/C=C/CCCCCC. The third-order valence-electron chi connectivity index (χ3n) is 6.80. The fourth-order valence-corrected chi connectivity index (χ4v) is 4.19. The Hall–Kier alpha value is -2.69. The third-order valence-corrected chi connectivity index (χ3v) is 6.80. The van der Waals surface area contributed by atoms with Gasteiger partial charge in [-0.1, -0.05) is 130 Å². The normalized spacial score (nSPS) is 14.4. The molecular weight excluding hydrogens is 530 g/mol. The second-order valence-electron chi connectivity index (χ2n) is 10.8. The summed E-state index contributed by atoms with van der Waals surface area (Å²) in [5, 5.41) is 22.7. The molecule has 1 amide bonds. The summed E-state index contributed by atoms with van der Waals surface area (Å²) in [4.78, 5) is 12.3. The molecule has 0 aliphatic heterocycles. The van der Waals surface area contributed by atoms with Gasteiger partial charge in [0.25, 0.3) is 0 Å². The molecule has 3 N–H and O–H groups in total. The largest absolute Gasteiger partial charge is 0.394 e. The topological polar surface area (TPSA) is 69.6 Å². The van der Waals surface area contributed by atoms with Gasteiger partial charge in [0.05, 0.1) is 18.8 Å². The number of hydrogen-bond donors (Lipinski definition) is 3. The average molecular weight is 594 g/mol. The van der Waals surface area contributed by atoms with E-state index >= 15 is 0 Å². The summed E-state index contributed by atoms with van der Waals surface area (Å²) in [6.07, 6.45) is 50.6. The Labute approximate surface area is 264 Å². The average Bonchev–Trinajstić information content (AvgIpc) is 3.01. The number of carbonyl (C=O) groups is 1. The lowest BCUT2D eigenvalue weighted by Crippen LogP contribution is -2.45. The Morgan fingerprint density at radius 2 is 1.05 bits per heavy atom. The van der Waals surface area contributed by atoms with Crippen LogP contribution in [0.2, 0.25) is 0 Å². The molecule has 0 bridgehead atoms. The number of nitrogens with one attached hydrogen (secondary N) is 1. The van der Waals surface area contributed by atoms with E-state index in [1.807, 2.05) is 6.08 Å². The van der Waals surface area contributed by atoms with Crippen LogP contribution in [0.5, 0.6) is 0 Å². The van der Waals surface area contributed by atoms with Gasteiger partial charge < -0.3 is 15.5 Å². The summed E-state index contributed by atoms with van der Waals surface area (Å²) in [5.41, 5.74) is 0. The van der Waals surface area contributed by atoms with E-state index in [2.05, 4.69) is 104 Å². The second kappa shape index (κ2) is 33.8. The summed E-state index contributed by atoms with van der Waals surface area (Å²) < 4.78 is 0. The predicted molar refractivity (Wildman–Crippen MR) is 188 cm³/mol. The molecular formula is C39H63NO3. The molecule has 242 valence electrons. The Bertz CT molecular complexity index is 860. The first-order valence-electron chi connectivity index (χ1n) is 17.0. The zero-order chi connectivity index (χ0) is 31.5. The molecule has 0 radical (unpaired) electrons. The van der Waals surface area contributed by atoms with Crippen LogP contribution < -0.4 is 5.32 Å². The number of aliphatic hydroxyl groups excluding tert-OH is 2. The Balaban J connectivity index is 3.84. The lowest BCUT2D eigenvalue weighted by molar-refractivity contribution is -0.123. The van der Waals surface area contributed by atoms with Gasteiger partial charge in [-0.3, -0.25) is 4.79 Å². The molecule has 0 rings (SSSR count). The van der Waals surface area contributed by atoms with Gasteiger partial charge >= 0.3 is 0 Å². The zero-order valence-corrected chi connectivity index (χ0v) is 27.4. The minimum Gasteiger partial charge on any atom is -0.394 e. The molecule has 0 heterocycles. The van der Waals surface area contributed by atoms with E-state index in [0.29, 0.717) is 6.42 Å². The van der Waals surface area contributed by atoms with Crippen LogP contribution in [-0.4, -0.2) is 34.9 Å². The second-order valence-corrected chi connectivity index (χ2v) is 10.8. The van der Waals surface area contributed by atoms with Crippen molar-refractivity contribution in [3.05, 3.63) is 97.2 Å². The van der Waals surface area contributed by atoms with Gasteiger partial charge in [-0.05, 0) is 83.5 Å². The molecule has 0 saturated carbocycles. The molecule has 43 heavy (non-hydrogen) atoms. The Morgan fingerprint density at radius 1 is 0.581 bits per heavy atom. The highest BCUT2D eigenvalue weighted by molar-refractivity contribution is 5.76. The summed E-state index contributed by atoms with van der Waals surface area (Å²) in [6.45, 7) is 4.09. The molecule has 4 heteroatoms. The standard InChI is InChI=1S/C39H63NO3/c1-3-5-7-9-11-13-15-16-17-18-19-20-21-22-23-24-25-27-29-31-33-35-39(43)40-37(36-41)38(42)34-32-30-28-26-14-12-10-8-6-4-2/h5,7,11,13-14,16-17,19-20,22-23,25-27,32,34,37-38,41-42H,3-4,6,8-10,12,15,18,21,24,28-31,33,35-36H2,1-2H3,(H,40,43)/b7-5-,13-11-,17-16-,20-19-,23-22-,26-14+,27-25-,34-32+. The van der Waals surface area contributed by atoms with Crippen LogP contribution in [0.4, 0.5) is 0 Å². The molecule has 0 saturated heterocycles. The van der Waals surface area contributed by atoms with Gasteiger partial charge in [-0.2, -0.15) is 0 Å². The molecule has 0 aromatic rings. The van der Waals surface area contributed by atoms with Crippen LogP contribution in [0.3, 0.4) is 0 Å². The first kappa shape index (κ1) is 40.3. The molecule has 0 aromatic carbocycles. The van der Waals surface area contributed by atoms with Gasteiger partial charge in [0, 0.05) is 6.42 Å². The smallest absolute Gasteiger partial charge is 0.220 e. The van der Waals surface area contributed by atoms with Crippen molar-refractivity contribution >= 4 is 5.91 Å². The van der Waals surface area contributed by atoms with Gasteiger partial charge in [0.15, 0.2) is 0 Å². The number of unbranched alkanes of at least 4 members (excludes halogenated alkanes) is 7. The molecule has 0 fully saturated rings. The molecule has 2 unspecified atom stereocenters. The fourth-order valence-electron chi connectivity index (χ4n) is 4.19. The zero-order valence-electron chi connectivity index (χ0n) is 27.4. The van der Waals surface area contributed by atoms with Crippen molar-refractivity contribution in [1.29, 1.82) is 0 Å². The Kier molecular flexibility index (Phi) is 31.7. The van der Waals surface area contributed by atoms with Crippen LogP contribution in [0, 0.1) is 0 Å². The van der Waals surface area contributed by atoms with Crippen molar-refractivity contribution < 1.29 is 15.0 Å². The van der Waals surface area contributed by atoms with E-state index in [1.165, 1.54) is 25.7 Å². The number of carbonyl (C=O) groups excluding carboxylic acids is 1.